The van der Waals surface area contributed by atoms with Gasteiger partial charge >= 0.3 is 0 Å². The van der Waals surface area contributed by atoms with Gasteiger partial charge in [-0.25, -0.2) is 0 Å². The largest absolute Gasteiger partial charge is 0.492 e. The van der Waals surface area contributed by atoms with Gasteiger partial charge in [0.2, 0.25) is 5.91 Å². The molecular formula is C18H23ClN2O2S. The lowest BCUT2D eigenvalue weighted by molar-refractivity contribution is -0.113. The summed E-state index contributed by atoms with van der Waals surface area (Å²) in [5.74, 6) is 2.01. The van der Waals surface area contributed by atoms with Gasteiger partial charge in [-0.2, -0.15) is 0 Å². The molecule has 0 aliphatic rings. The minimum Gasteiger partial charge on any atom is -0.492 e. The van der Waals surface area contributed by atoms with Gasteiger partial charge in [-0.1, -0.05) is 29.8 Å². The molecule has 0 bridgehead atoms. The summed E-state index contributed by atoms with van der Waals surface area (Å²) in [6.45, 7) is 3.04. The third kappa shape index (κ3) is 7.25. The molecular weight excluding hydrogens is 344 g/mol. The van der Waals surface area contributed by atoms with E-state index in [9.17, 15) is 4.79 Å². The number of thioether (sulfide) groups is 1. The van der Waals surface area contributed by atoms with Crippen molar-refractivity contribution in [3.63, 3.8) is 0 Å². The number of halogens is 1. The highest BCUT2D eigenvalue weighted by Crippen LogP contribution is 2.17. The molecule has 0 aliphatic carbocycles. The molecule has 0 radical (unpaired) electrons. The van der Waals surface area contributed by atoms with Crippen molar-refractivity contribution >= 4 is 35.8 Å². The van der Waals surface area contributed by atoms with Crippen LogP contribution >= 0.6 is 24.2 Å². The Balaban J connectivity index is 0.00000288. The van der Waals surface area contributed by atoms with E-state index >= 15 is 0 Å². The first kappa shape index (κ1) is 20.4. The van der Waals surface area contributed by atoms with E-state index < -0.39 is 0 Å². The van der Waals surface area contributed by atoms with Crippen LogP contribution in [0.1, 0.15) is 11.1 Å². The van der Waals surface area contributed by atoms with Gasteiger partial charge in [-0.3, -0.25) is 4.79 Å². The van der Waals surface area contributed by atoms with Crippen LogP contribution in [0.5, 0.6) is 5.75 Å². The van der Waals surface area contributed by atoms with Gasteiger partial charge in [0.15, 0.2) is 0 Å². The van der Waals surface area contributed by atoms with E-state index in [2.05, 4.69) is 30.4 Å². The van der Waals surface area contributed by atoms with Crippen molar-refractivity contribution in [2.45, 2.75) is 12.7 Å². The third-order valence-corrected chi connectivity index (χ3v) is 4.11. The molecule has 0 atom stereocenters. The maximum absolute atomic E-state index is 11.9. The van der Waals surface area contributed by atoms with Gasteiger partial charge < -0.3 is 15.8 Å². The van der Waals surface area contributed by atoms with Crippen molar-refractivity contribution in [3.8, 4) is 5.75 Å². The van der Waals surface area contributed by atoms with Gasteiger partial charge in [-0.05, 0) is 36.8 Å². The summed E-state index contributed by atoms with van der Waals surface area (Å²) in [5, 5.41) is 2.88. The minimum atomic E-state index is -0.00159. The van der Waals surface area contributed by atoms with E-state index in [1.165, 1.54) is 11.1 Å². The Morgan fingerprint density at radius 2 is 1.96 bits per heavy atom. The summed E-state index contributed by atoms with van der Waals surface area (Å²) in [6, 6.07) is 15.6. The molecule has 0 fully saturated rings. The zero-order valence-corrected chi connectivity index (χ0v) is 15.3. The van der Waals surface area contributed by atoms with E-state index in [0.717, 1.165) is 17.2 Å². The molecule has 0 aliphatic heterocycles. The third-order valence-electron chi connectivity index (χ3n) is 3.11. The molecule has 2 aromatic carbocycles. The molecule has 0 aromatic heterocycles. The molecule has 0 spiro atoms. The molecule has 24 heavy (non-hydrogen) atoms. The molecule has 2 rings (SSSR count). The summed E-state index contributed by atoms with van der Waals surface area (Å²) in [5.41, 5.74) is 8.63. The summed E-state index contributed by atoms with van der Waals surface area (Å²) in [7, 11) is 0. The van der Waals surface area contributed by atoms with Crippen LogP contribution in [0, 0.1) is 6.92 Å². The van der Waals surface area contributed by atoms with Crippen LogP contribution in [0.2, 0.25) is 0 Å². The fourth-order valence-electron chi connectivity index (χ4n) is 2.07. The first-order valence-corrected chi connectivity index (χ1v) is 8.69. The van der Waals surface area contributed by atoms with Gasteiger partial charge in [0, 0.05) is 18.0 Å². The number of hydrogen-bond acceptors (Lipinski definition) is 4. The zero-order chi connectivity index (χ0) is 16.5. The van der Waals surface area contributed by atoms with Crippen molar-refractivity contribution in [3.05, 3.63) is 59.7 Å². The topological polar surface area (TPSA) is 64.3 Å². The van der Waals surface area contributed by atoms with E-state index in [1.807, 2.05) is 30.3 Å². The number of nitrogens with one attached hydrogen (secondary N) is 1. The maximum atomic E-state index is 11.9. The van der Waals surface area contributed by atoms with Crippen LogP contribution in [0.3, 0.4) is 0 Å². The van der Waals surface area contributed by atoms with Gasteiger partial charge in [-0.15, -0.1) is 24.2 Å². The number of amides is 1. The van der Waals surface area contributed by atoms with Gasteiger partial charge in [0.25, 0.3) is 0 Å². The molecule has 0 saturated heterocycles. The van der Waals surface area contributed by atoms with Crippen LogP contribution in [-0.2, 0) is 10.5 Å². The smallest absolute Gasteiger partial charge is 0.234 e. The number of anilines is 1. The molecule has 0 heterocycles. The second-order valence-corrected chi connectivity index (χ2v) is 6.18. The van der Waals surface area contributed by atoms with Crippen molar-refractivity contribution in [2.24, 2.45) is 5.73 Å². The number of carbonyl (C=O) groups is 1. The summed E-state index contributed by atoms with van der Waals surface area (Å²) < 4.78 is 5.40. The lowest BCUT2D eigenvalue weighted by Crippen LogP contribution is -2.14. The standard InChI is InChI=1S/C18H22N2O2S.ClH/c1-14-3-2-4-15(11-14)12-23-13-18(21)20-16-5-7-17(8-6-16)22-10-9-19;/h2-8,11H,9-10,12-13,19H2,1H3,(H,20,21);1H. The van der Waals surface area contributed by atoms with Crippen LogP contribution in [-0.4, -0.2) is 24.8 Å². The van der Waals surface area contributed by atoms with Gasteiger partial charge in [0.1, 0.15) is 12.4 Å². The number of nitrogens with two attached hydrogens (primary N) is 1. The predicted molar refractivity (Wildman–Crippen MR) is 104 cm³/mol. The molecule has 4 nitrogen and oxygen atoms in total. The Hall–Kier alpha value is -1.69. The zero-order valence-electron chi connectivity index (χ0n) is 13.7. The van der Waals surface area contributed by atoms with E-state index in [0.29, 0.717) is 18.9 Å². The van der Waals surface area contributed by atoms with E-state index in [4.69, 9.17) is 10.5 Å². The first-order valence-electron chi connectivity index (χ1n) is 7.53. The molecule has 130 valence electrons. The quantitative estimate of drug-likeness (QED) is 0.748. The molecule has 0 unspecified atom stereocenters. The van der Waals surface area contributed by atoms with Crippen molar-refractivity contribution < 1.29 is 9.53 Å². The Bertz CT molecular complexity index is 635. The van der Waals surface area contributed by atoms with Gasteiger partial charge in [0.05, 0.1) is 5.75 Å². The monoisotopic (exact) mass is 366 g/mol. The molecule has 3 N–H and O–H groups in total. The fraction of sp³-hybridized carbons (Fsp3) is 0.278. The summed E-state index contributed by atoms with van der Waals surface area (Å²) in [6.07, 6.45) is 0. The number of aryl methyl sites for hydroxylation is 1. The number of carbonyl (C=O) groups excluding carboxylic acids is 1. The van der Waals surface area contributed by atoms with Crippen molar-refractivity contribution in [1.82, 2.24) is 0 Å². The average molecular weight is 367 g/mol. The van der Waals surface area contributed by atoms with Crippen LogP contribution in [0.4, 0.5) is 5.69 Å². The highest BCUT2D eigenvalue weighted by Gasteiger charge is 2.04. The lowest BCUT2D eigenvalue weighted by atomic mass is 10.2. The lowest BCUT2D eigenvalue weighted by Gasteiger charge is -2.08. The minimum absolute atomic E-state index is 0. The van der Waals surface area contributed by atoms with Crippen molar-refractivity contribution in [1.29, 1.82) is 0 Å². The number of rotatable bonds is 8. The van der Waals surface area contributed by atoms with E-state index in [-0.39, 0.29) is 18.3 Å². The second-order valence-electron chi connectivity index (χ2n) is 5.19. The van der Waals surface area contributed by atoms with Crippen LogP contribution in [0.15, 0.2) is 48.5 Å². The van der Waals surface area contributed by atoms with E-state index in [1.54, 1.807) is 11.8 Å². The Morgan fingerprint density at radius 3 is 2.62 bits per heavy atom. The number of hydrogen-bond donors (Lipinski definition) is 2. The van der Waals surface area contributed by atoms with Crippen molar-refractivity contribution in [2.75, 3.05) is 24.2 Å². The Morgan fingerprint density at radius 1 is 1.21 bits per heavy atom. The fourth-order valence-corrected chi connectivity index (χ4v) is 2.85. The van der Waals surface area contributed by atoms with Crippen LogP contribution < -0.4 is 15.8 Å². The van der Waals surface area contributed by atoms with Crippen LogP contribution in [0.25, 0.3) is 0 Å². The Labute approximate surface area is 153 Å². The summed E-state index contributed by atoms with van der Waals surface area (Å²) in [4.78, 5) is 11.9. The predicted octanol–water partition coefficient (Wildman–Crippen LogP) is 3.63. The Kier molecular flexibility index (Phi) is 9.30. The number of ether oxygens (including phenoxy) is 1. The highest BCUT2D eigenvalue weighted by molar-refractivity contribution is 7.99. The number of benzene rings is 2. The normalized spacial score (nSPS) is 9.92. The molecule has 1 amide bonds. The summed E-state index contributed by atoms with van der Waals surface area (Å²) >= 11 is 1.61. The molecule has 6 heteroatoms. The second kappa shape index (κ2) is 11.0. The first-order chi connectivity index (χ1) is 11.2. The maximum Gasteiger partial charge on any atom is 0.234 e. The SMILES string of the molecule is Cc1cccc(CSCC(=O)Nc2ccc(OCCN)cc2)c1.Cl. The average Bonchev–Trinajstić information content (AvgIpc) is 2.54. The molecule has 2 aromatic rings. The highest BCUT2D eigenvalue weighted by atomic mass is 35.5. The molecule has 0 saturated carbocycles.